The maximum atomic E-state index is 12.2. The van der Waals surface area contributed by atoms with E-state index < -0.39 is 7.60 Å². The first-order chi connectivity index (χ1) is 7.59. The van der Waals surface area contributed by atoms with E-state index in [-0.39, 0.29) is 42.9 Å². The Labute approximate surface area is 126 Å². The van der Waals surface area contributed by atoms with E-state index in [1.807, 2.05) is 0 Å². The summed E-state index contributed by atoms with van der Waals surface area (Å²) in [5, 5.41) is 9.13. The molecular weight excluding hydrogens is 250 g/mol. The molecule has 17 heavy (non-hydrogen) atoms. The minimum Gasteiger partial charge on any atom is -1.00 e. The third kappa shape index (κ3) is 6.05. The van der Waals surface area contributed by atoms with Crippen LogP contribution in [0, 0.1) is 0 Å². The van der Waals surface area contributed by atoms with Crippen molar-refractivity contribution >= 4 is 7.60 Å². The van der Waals surface area contributed by atoms with Gasteiger partial charge in [-0.25, -0.2) is 0 Å². The minimum absolute atomic E-state index is 0. The van der Waals surface area contributed by atoms with Crippen molar-refractivity contribution in [3.8, 4) is 5.75 Å². The number of phenols is 1. The van der Waals surface area contributed by atoms with Crippen molar-refractivity contribution in [3.63, 3.8) is 0 Å². The quantitative estimate of drug-likeness (QED) is 0.594. The van der Waals surface area contributed by atoms with Crippen LogP contribution in [0.2, 0.25) is 0 Å². The Morgan fingerprint density at radius 3 is 2.06 bits per heavy atom. The monoisotopic (exact) mass is 268 g/mol. The fourth-order valence-corrected chi connectivity index (χ4v) is 3.05. The second kappa shape index (κ2) is 8.30. The molecule has 0 bridgehead atoms. The standard InChI is InChI=1S/C11H17O4P.Na.H/c1-3-14-16(13,15-4-2)9-10-5-7-11(12)8-6-10;;/h5-8,12H,3-4,9H2,1-2H3;;/q;+1;-1. The van der Waals surface area contributed by atoms with Gasteiger partial charge in [0.2, 0.25) is 0 Å². The van der Waals surface area contributed by atoms with Crippen molar-refractivity contribution in [3.05, 3.63) is 29.8 Å². The van der Waals surface area contributed by atoms with Crippen LogP contribution in [0.1, 0.15) is 20.8 Å². The predicted octanol–water partition coefficient (Wildman–Crippen LogP) is 0.275. The molecule has 1 aromatic rings. The maximum Gasteiger partial charge on any atom is 1.00 e. The fourth-order valence-electron chi connectivity index (χ4n) is 1.35. The summed E-state index contributed by atoms with van der Waals surface area (Å²) in [5.41, 5.74) is 0.822. The van der Waals surface area contributed by atoms with Gasteiger partial charge in [0, 0.05) is 0 Å². The number of benzene rings is 1. The molecule has 1 aromatic carbocycles. The smallest absolute Gasteiger partial charge is 1.00 e. The molecule has 0 heterocycles. The van der Waals surface area contributed by atoms with E-state index in [9.17, 15) is 4.57 Å². The number of phenolic OH excluding ortho intramolecular Hbond substituents is 1. The Balaban J connectivity index is 0. The van der Waals surface area contributed by atoms with Crippen LogP contribution in [0.3, 0.4) is 0 Å². The molecule has 1 N–H and O–H groups in total. The second-order valence-corrected chi connectivity index (χ2v) is 5.33. The topological polar surface area (TPSA) is 55.8 Å². The third-order valence-corrected chi connectivity index (χ3v) is 4.02. The average Bonchev–Trinajstić information content (AvgIpc) is 2.22. The van der Waals surface area contributed by atoms with Crippen molar-refractivity contribution in [1.29, 1.82) is 0 Å². The summed E-state index contributed by atoms with van der Waals surface area (Å²) in [7, 11) is -3.04. The summed E-state index contributed by atoms with van der Waals surface area (Å²) in [6.45, 7) is 4.27. The van der Waals surface area contributed by atoms with Crippen molar-refractivity contribution in [2.45, 2.75) is 20.0 Å². The molecule has 0 radical (unpaired) electrons. The van der Waals surface area contributed by atoms with Crippen molar-refractivity contribution < 1.29 is 49.7 Å². The summed E-state index contributed by atoms with van der Waals surface area (Å²) in [6.07, 6.45) is 0.231. The summed E-state index contributed by atoms with van der Waals surface area (Å²) in [5.74, 6) is 0.186. The predicted molar refractivity (Wildman–Crippen MR) is 63.8 cm³/mol. The van der Waals surface area contributed by atoms with E-state index in [2.05, 4.69) is 0 Å². The van der Waals surface area contributed by atoms with Crippen LogP contribution in [-0.4, -0.2) is 18.3 Å². The van der Waals surface area contributed by atoms with Gasteiger partial charge in [0.1, 0.15) is 5.75 Å². The van der Waals surface area contributed by atoms with Crippen LogP contribution in [-0.2, 0) is 19.8 Å². The van der Waals surface area contributed by atoms with E-state index in [1.54, 1.807) is 38.1 Å². The van der Waals surface area contributed by atoms with Crippen molar-refractivity contribution in [2.75, 3.05) is 13.2 Å². The van der Waals surface area contributed by atoms with Crippen molar-refractivity contribution in [2.24, 2.45) is 0 Å². The molecule has 4 nitrogen and oxygen atoms in total. The summed E-state index contributed by atoms with van der Waals surface area (Å²) < 4.78 is 22.5. The van der Waals surface area contributed by atoms with Gasteiger partial charge in [0.25, 0.3) is 0 Å². The number of rotatable bonds is 6. The molecule has 0 aromatic heterocycles. The van der Waals surface area contributed by atoms with E-state index in [1.165, 1.54) is 0 Å². The zero-order chi connectivity index (χ0) is 12.0. The minimum atomic E-state index is -3.04. The van der Waals surface area contributed by atoms with Crippen LogP contribution < -0.4 is 29.6 Å². The van der Waals surface area contributed by atoms with Crippen LogP contribution in [0.25, 0.3) is 0 Å². The van der Waals surface area contributed by atoms with Gasteiger partial charge in [-0.2, -0.15) is 0 Å². The van der Waals surface area contributed by atoms with Crippen LogP contribution in [0.5, 0.6) is 5.75 Å². The Hall–Kier alpha value is 0.170. The first kappa shape index (κ1) is 17.2. The maximum absolute atomic E-state index is 12.2. The van der Waals surface area contributed by atoms with Gasteiger partial charge in [-0.3, -0.25) is 4.57 Å². The number of hydrogen-bond acceptors (Lipinski definition) is 4. The summed E-state index contributed by atoms with van der Waals surface area (Å²) in [4.78, 5) is 0. The normalized spacial score (nSPS) is 10.9. The van der Waals surface area contributed by atoms with Gasteiger partial charge in [0.15, 0.2) is 0 Å². The molecule has 0 aliphatic heterocycles. The second-order valence-electron chi connectivity index (χ2n) is 3.27. The molecule has 0 spiro atoms. The Kier molecular flexibility index (Phi) is 8.39. The molecule has 0 aliphatic carbocycles. The van der Waals surface area contributed by atoms with E-state index >= 15 is 0 Å². The van der Waals surface area contributed by atoms with Crippen molar-refractivity contribution in [1.82, 2.24) is 0 Å². The molecule has 1 rings (SSSR count). The first-order valence-electron chi connectivity index (χ1n) is 5.25. The van der Waals surface area contributed by atoms with Crippen LogP contribution >= 0.6 is 7.60 Å². The molecule has 0 fully saturated rings. The molecule has 0 unspecified atom stereocenters. The van der Waals surface area contributed by atoms with Gasteiger partial charge in [0.05, 0.1) is 19.4 Å². The van der Waals surface area contributed by atoms with Gasteiger partial charge < -0.3 is 15.6 Å². The zero-order valence-corrected chi connectivity index (χ0v) is 13.4. The molecule has 6 heteroatoms. The SMILES string of the molecule is CCOP(=O)(Cc1ccc(O)cc1)OCC.[H-].[Na+]. The molecule has 0 saturated carbocycles. The van der Waals surface area contributed by atoms with Crippen LogP contribution in [0.15, 0.2) is 24.3 Å². The summed E-state index contributed by atoms with van der Waals surface area (Å²) in [6, 6.07) is 6.52. The number of hydrogen-bond donors (Lipinski definition) is 1. The first-order valence-corrected chi connectivity index (χ1v) is 6.98. The fraction of sp³-hybridized carbons (Fsp3) is 0.455. The molecule has 0 aliphatic rings. The van der Waals surface area contributed by atoms with Gasteiger partial charge >= 0.3 is 37.2 Å². The van der Waals surface area contributed by atoms with E-state index in [0.29, 0.717) is 13.2 Å². The van der Waals surface area contributed by atoms with E-state index in [0.717, 1.165) is 5.56 Å². The molecule has 0 atom stereocenters. The molecular formula is C11H18NaO4P. The van der Waals surface area contributed by atoms with Gasteiger partial charge in [-0.1, -0.05) is 12.1 Å². The Bertz CT molecular complexity index is 362. The molecule has 0 saturated heterocycles. The van der Waals surface area contributed by atoms with Gasteiger partial charge in [-0.15, -0.1) is 0 Å². The Morgan fingerprint density at radius 1 is 1.18 bits per heavy atom. The number of aromatic hydroxyl groups is 1. The molecule has 0 amide bonds. The van der Waals surface area contributed by atoms with Crippen LogP contribution in [0.4, 0.5) is 0 Å². The summed E-state index contributed by atoms with van der Waals surface area (Å²) >= 11 is 0. The Morgan fingerprint density at radius 2 is 1.65 bits per heavy atom. The largest absolute Gasteiger partial charge is 1.00 e. The third-order valence-electron chi connectivity index (χ3n) is 1.96. The van der Waals surface area contributed by atoms with Gasteiger partial charge in [-0.05, 0) is 31.5 Å². The average molecular weight is 268 g/mol. The van der Waals surface area contributed by atoms with E-state index in [4.69, 9.17) is 14.2 Å². The molecule has 92 valence electrons. The zero-order valence-electron chi connectivity index (χ0n) is 11.5.